The summed E-state index contributed by atoms with van der Waals surface area (Å²) in [4.78, 5) is 5.15. The predicted octanol–water partition coefficient (Wildman–Crippen LogP) is 0.391. The molecule has 2 atom stereocenters. The average molecular weight is 253 g/mol. The summed E-state index contributed by atoms with van der Waals surface area (Å²) >= 11 is 0. The zero-order valence-corrected chi connectivity index (χ0v) is 11.6. The van der Waals surface area contributed by atoms with Crippen LogP contribution in [0.1, 0.15) is 19.8 Å². The largest absolute Gasteiger partial charge is 0.379 e. The van der Waals surface area contributed by atoms with Gasteiger partial charge in [0.25, 0.3) is 0 Å². The van der Waals surface area contributed by atoms with Gasteiger partial charge in [-0.1, -0.05) is 0 Å². The van der Waals surface area contributed by atoms with E-state index in [2.05, 4.69) is 22.0 Å². The molecule has 0 aliphatic carbocycles. The van der Waals surface area contributed by atoms with E-state index in [4.69, 9.17) is 4.74 Å². The van der Waals surface area contributed by atoms with Gasteiger partial charge in [-0.3, -0.25) is 4.90 Å². The molecule has 18 heavy (non-hydrogen) atoms. The third-order valence-corrected chi connectivity index (χ3v) is 4.79. The normalized spacial score (nSPS) is 38.8. The van der Waals surface area contributed by atoms with Crippen LogP contribution in [0.5, 0.6) is 0 Å². The summed E-state index contributed by atoms with van der Waals surface area (Å²) in [5, 5.41) is 3.87. The third-order valence-electron chi connectivity index (χ3n) is 4.79. The molecule has 0 radical (unpaired) electrons. The van der Waals surface area contributed by atoms with Crippen LogP contribution in [0, 0.1) is 5.92 Å². The van der Waals surface area contributed by atoms with E-state index in [0.29, 0.717) is 6.04 Å². The minimum atomic E-state index is 0.605. The molecule has 4 rings (SSSR count). The van der Waals surface area contributed by atoms with Gasteiger partial charge in [0, 0.05) is 38.3 Å². The van der Waals surface area contributed by atoms with Crippen LogP contribution in [0.4, 0.5) is 0 Å². The first kappa shape index (κ1) is 12.9. The summed E-state index contributed by atoms with van der Waals surface area (Å²) in [6.07, 6.45) is 2.81. The molecule has 0 aromatic rings. The summed E-state index contributed by atoms with van der Waals surface area (Å²) < 4.78 is 5.40. The van der Waals surface area contributed by atoms with Gasteiger partial charge in [-0.2, -0.15) is 0 Å². The highest BCUT2D eigenvalue weighted by molar-refractivity contribution is 4.92. The Bertz CT molecular complexity index is 260. The number of fused-ring (bicyclic) bond motifs is 3. The molecular formula is C14H27N3O. The van der Waals surface area contributed by atoms with Gasteiger partial charge in [0.2, 0.25) is 0 Å². The van der Waals surface area contributed by atoms with Crippen molar-refractivity contribution >= 4 is 0 Å². The first-order valence-corrected chi connectivity index (χ1v) is 7.60. The topological polar surface area (TPSA) is 27.7 Å². The smallest absolute Gasteiger partial charge is 0.0594 e. The van der Waals surface area contributed by atoms with Crippen molar-refractivity contribution in [3.63, 3.8) is 0 Å². The summed E-state index contributed by atoms with van der Waals surface area (Å²) in [6.45, 7) is 11.5. The lowest BCUT2D eigenvalue weighted by atomic mass is 9.84. The quantitative estimate of drug-likeness (QED) is 0.784. The number of hydrogen-bond acceptors (Lipinski definition) is 4. The molecule has 2 bridgehead atoms. The van der Waals surface area contributed by atoms with E-state index in [1.807, 2.05) is 0 Å². The van der Waals surface area contributed by atoms with Crippen molar-refractivity contribution < 1.29 is 4.74 Å². The molecule has 0 amide bonds. The van der Waals surface area contributed by atoms with Gasteiger partial charge in [-0.15, -0.1) is 0 Å². The fourth-order valence-corrected chi connectivity index (χ4v) is 3.74. The lowest BCUT2D eigenvalue weighted by Crippen LogP contribution is -2.59. The Hall–Kier alpha value is -0.160. The Morgan fingerprint density at radius 2 is 1.89 bits per heavy atom. The number of piperidine rings is 3. The molecule has 4 fully saturated rings. The molecule has 0 spiro atoms. The van der Waals surface area contributed by atoms with Crippen LogP contribution in [0.25, 0.3) is 0 Å². The highest BCUT2D eigenvalue weighted by Crippen LogP contribution is 2.27. The van der Waals surface area contributed by atoms with Gasteiger partial charge in [0.1, 0.15) is 0 Å². The van der Waals surface area contributed by atoms with Crippen LogP contribution in [0.2, 0.25) is 0 Å². The van der Waals surface area contributed by atoms with Crippen LogP contribution < -0.4 is 5.32 Å². The zero-order valence-electron chi connectivity index (χ0n) is 11.6. The fourth-order valence-electron chi connectivity index (χ4n) is 3.74. The maximum atomic E-state index is 5.40. The second kappa shape index (κ2) is 5.87. The van der Waals surface area contributed by atoms with Crippen molar-refractivity contribution in [1.82, 2.24) is 15.1 Å². The van der Waals surface area contributed by atoms with Gasteiger partial charge < -0.3 is 15.0 Å². The molecule has 0 saturated carbocycles. The Balaban J connectivity index is 1.44. The molecule has 1 N–H and O–H groups in total. The molecule has 0 aromatic heterocycles. The van der Waals surface area contributed by atoms with Crippen LogP contribution in [0.15, 0.2) is 0 Å². The van der Waals surface area contributed by atoms with E-state index in [-0.39, 0.29) is 0 Å². The van der Waals surface area contributed by atoms with Crippen molar-refractivity contribution in [3.05, 3.63) is 0 Å². The number of rotatable bonds is 4. The van der Waals surface area contributed by atoms with E-state index in [9.17, 15) is 0 Å². The van der Waals surface area contributed by atoms with Crippen LogP contribution in [0.3, 0.4) is 0 Å². The molecule has 4 heterocycles. The first-order valence-electron chi connectivity index (χ1n) is 7.60. The maximum absolute atomic E-state index is 5.40. The standard InChI is InChI=1S/C14H27N3O/c1-12(10-17-6-8-18-9-7-17)15-14-11-16-4-2-13(14)3-5-16/h12-15H,2-11H2,1H3. The highest BCUT2D eigenvalue weighted by atomic mass is 16.5. The number of nitrogens with one attached hydrogen (secondary N) is 1. The summed E-state index contributed by atoms with van der Waals surface area (Å²) in [5.74, 6) is 0.933. The molecule has 4 saturated heterocycles. The number of morpholine rings is 1. The molecule has 4 heteroatoms. The minimum Gasteiger partial charge on any atom is -0.379 e. The highest BCUT2D eigenvalue weighted by Gasteiger charge is 2.34. The minimum absolute atomic E-state index is 0.605. The van der Waals surface area contributed by atoms with Crippen molar-refractivity contribution in [1.29, 1.82) is 0 Å². The van der Waals surface area contributed by atoms with Gasteiger partial charge >= 0.3 is 0 Å². The van der Waals surface area contributed by atoms with Crippen LogP contribution >= 0.6 is 0 Å². The van der Waals surface area contributed by atoms with Crippen molar-refractivity contribution in [2.45, 2.75) is 31.8 Å². The first-order chi connectivity index (χ1) is 8.81. The predicted molar refractivity (Wildman–Crippen MR) is 72.8 cm³/mol. The SMILES string of the molecule is CC(CN1CCOCC1)NC1CN2CCC1CC2. The number of ether oxygens (including phenoxy) is 1. The molecule has 2 unspecified atom stereocenters. The Kier molecular flexibility index (Phi) is 4.19. The average Bonchev–Trinajstić information content (AvgIpc) is 2.41. The van der Waals surface area contributed by atoms with E-state index in [1.54, 1.807) is 0 Å². The molecule has 4 aliphatic rings. The van der Waals surface area contributed by atoms with Crippen molar-refractivity contribution in [2.75, 3.05) is 52.5 Å². The van der Waals surface area contributed by atoms with Crippen LogP contribution in [-0.2, 0) is 4.74 Å². The van der Waals surface area contributed by atoms with E-state index in [0.717, 1.165) is 38.3 Å². The Morgan fingerprint density at radius 3 is 2.50 bits per heavy atom. The molecule has 4 aliphatic heterocycles. The Morgan fingerprint density at radius 1 is 1.17 bits per heavy atom. The lowest BCUT2D eigenvalue weighted by Gasteiger charge is -2.46. The summed E-state index contributed by atoms with van der Waals surface area (Å²) in [5.41, 5.74) is 0. The lowest BCUT2D eigenvalue weighted by molar-refractivity contribution is 0.0282. The van der Waals surface area contributed by atoms with Gasteiger partial charge in [-0.25, -0.2) is 0 Å². The Labute approximate surface area is 111 Å². The number of hydrogen-bond donors (Lipinski definition) is 1. The monoisotopic (exact) mass is 253 g/mol. The van der Waals surface area contributed by atoms with E-state index < -0.39 is 0 Å². The zero-order chi connectivity index (χ0) is 12.4. The summed E-state index contributed by atoms with van der Waals surface area (Å²) in [7, 11) is 0. The number of nitrogens with zero attached hydrogens (tertiary/aromatic N) is 2. The van der Waals surface area contributed by atoms with Crippen molar-refractivity contribution in [2.24, 2.45) is 5.92 Å². The van der Waals surface area contributed by atoms with Gasteiger partial charge in [0.05, 0.1) is 13.2 Å². The third kappa shape index (κ3) is 3.05. The van der Waals surface area contributed by atoms with Gasteiger partial charge in [0.15, 0.2) is 0 Å². The molecule has 0 aromatic carbocycles. The molecular weight excluding hydrogens is 226 g/mol. The molecule has 4 nitrogen and oxygen atoms in total. The van der Waals surface area contributed by atoms with Crippen LogP contribution in [-0.4, -0.2) is 74.4 Å². The second-order valence-corrected chi connectivity index (χ2v) is 6.23. The summed E-state index contributed by atoms with van der Waals surface area (Å²) in [6, 6.07) is 1.34. The van der Waals surface area contributed by atoms with E-state index in [1.165, 1.54) is 39.0 Å². The fraction of sp³-hybridized carbons (Fsp3) is 1.00. The van der Waals surface area contributed by atoms with Crippen molar-refractivity contribution in [3.8, 4) is 0 Å². The van der Waals surface area contributed by atoms with E-state index >= 15 is 0 Å². The second-order valence-electron chi connectivity index (χ2n) is 6.23. The molecule has 104 valence electrons. The van der Waals surface area contributed by atoms with Gasteiger partial charge in [-0.05, 0) is 38.8 Å². The maximum Gasteiger partial charge on any atom is 0.0594 e.